The van der Waals surface area contributed by atoms with Crippen LogP contribution in [-0.4, -0.2) is 22.0 Å². The van der Waals surface area contributed by atoms with E-state index in [1.807, 2.05) is 24.5 Å². The molecule has 5 heteroatoms. The quantitative estimate of drug-likeness (QED) is 0.477. The molecule has 0 spiro atoms. The molecule has 3 nitrogen and oxygen atoms in total. The van der Waals surface area contributed by atoms with E-state index >= 15 is 0 Å². The number of thioether (sulfide) groups is 1. The first-order valence-electron chi connectivity index (χ1n) is 4.69. The molecule has 0 radical (unpaired) electrons. The normalized spacial score (nSPS) is 10.4. The smallest absolute Gasteiger partial charge is 0.187 e. The lowest BCUT2D eigenvalue weighted by Gasteiger charge is -1.98. The highest BCUT2D eigenvalue weighted by atomic mass is 32.2. The predicted octanol–water partition coefficient (Wildman–Crippen LogP) is 3.13. The lowest BCUT2D eigenvalue weighted by molar-refractivity contribution is 0.102. The maximum atomic E-state index is 11.2. The van der Waals surface area contributed by atoms with Crippen LogP contribution in [0.3, 0.4) is 0 Å². The zero-order valence-electron chi connectivity index (χ0n) is 8.93. The van der Waals surface area contributed by atoms with Crippen LogP contribution < -0.4 is 0 Å². The van der Waals surface area contributed by atoms with Crippen LogP contribution in [0, 0.1) is 0 Å². The molecule has 2 rings (SSSR count). The van der Waals surface area contributed by atoms with Crippen LogP contribution in [0.4, 0.5) is 0 Å². The number of ketones is 1. The summed E-state index contributed by atoms with van der Waals surface area (Å²) in [6.45, 7) is 1.57. The highest BCUT2D eigenvalue weighted by molar-refractivity contribution is 7.98. The van der Waals surface area contributed by atoms with Gasteiger partial charge in [0.2, 0.25) is 0 Å². The molecule has 0 atom stereocenters. The van der Waals surface area contributed by atoms with Crippen LogP contribution in [0.25, 0.3) is 10.6 Å². The van der Waals surface area contributed by atoms with Crippen molar-refractivity contribution in [2.45, 2.75) is 12.1 Å². The molecular weight excluding hydrogens is 240 g/mol. The van der Waals surface area contributed by atoms with E-state index in [1.165, 1.54) is 23.1 Å². The Hall–Kier alpha value is -1.20. The van der Waals surface area contributed by atoms with Crippen molar-refractivity contribution in [1.82, 2.24) is 9.97 Å². The van der Waals surface area contributed by atoms with Gasteiger partial charge in [-0.05, 0) is 31.4 Å². The van der Waals surface area contributed by atoms with Crippen LogP contribution in [0.2, 0.25) is 0 Å². The molecule has 2 heterocycles. The van der Waals surface area contributed by atoms with Crippen molar-refractivity contribution in [2.75, 3.05) is 6.26 Å². The van der Waals surface area contributed by atoms with E-state index in [0.717, 1.165) is 20.6 Å². The molecule has 0 bridgehead atoms. The third-order valence-electron chi connectivity index (χ3n) is 2.02. The second kappa shape index (κ2) is 4.76. The van der Waals surface area contributed by atoms with Gasteiger partial charge in [-0.15, -0.1) is 11.3 Å². The maximum absolute atomic E-state index is 11.2. The minimum Gasteiger partial charge on any atom is -0.294 e. The summed E-state index contributed by atoms with van der Waals surface area (Å²) >= 11 is 2.97. The van der Waals surface area contributed by atoms with E-state index in [9.17, 15) is 4.79 Å². The predicted molar refractivity (Wildman–Crippen MR) is 67.1 cm³/mol. The third-order valence-corrected chi connectivity index (χ3v) is 3.79. The lowest BCUT2D eigenvalue weighted by atomic mass is 10.3. The lowest BCUT2D eigenvalue weighted by Crippen LogP contribution is -1.86. The van der Waals surface area contributed by atoms with Gasteiger partial charge >= 0.3 is 0 Å². The fraction of sp³-hybridized carbons (Fsp3) is 0.182. The van der Waals surface area contributed by atoms with Gasteiger partial charge in [0.15, 0.2) is 10.9 Å². The number of rotatable bonds is 3. The monoisotopic (exact) mass is 250 g/mol. The van der Waals surface area contributed by atoms with E-state index in [1.54, 1.807) is 13.1 Å². The van der Waals surface area contributed by atoms with Gasteiger partial charge in [0, 0.05) is 6.20 Å². The molecule has 0 aliphatic carbocycles. The van der Waals surface area contributed by atoms with E-state index in [-0.39, 0.29) is 5.78 Å². The molecule has 0 amide bonds. The van der Waals surface area contributed by atoms with Gasteiger partial charge in [-0.25, -0.2) is 9.97 Å². The topological polar surface area (TPSA) is 42.9 Å². The van der Waals surface area contributed by atoms with Crippen LogP contribution in [0.15, 0.2) is 29.6 Å². The number of nitrogens with zero attached hydrogens (tertiary/aromatic N) is 2. The fourth-order valence-electron chi connectivity index (χ4n) is 1.24. The zero-order valence-corrected chi connectivity index (χ0v) is 10.6. The standard InChI is InChI=1S/C11H10N2OS2/c1-7(14)9-3-4-10(16-9)8-5-6-12-11(13-8)15-2/h3-6H,1-2H3. The molecule has 0 saturated carbocycles. The van der Waals surface area contributed by atoms with Crippen LogP contribution in [0.5, 0.6) is 0 Å². The Morgan fingerprint density at radius 1 is 1.38 bits per heavy atom. The first-order chi connectivity index (χ1) is 7.70. The van der Waals surface area contributed by atoms with Crippen molar-refractivity contribution in [3.63, 3.8) is 0 Å². The van der Waals surface area contributed by atoms with Gasteiger partial charge < -0.3 is 0 Å². The SMILES string of the molecule is CSc1nccc(-c2ccc(C(C)=O)s2)n1. The number of hydrogen-bond acceptors (Lipinski definition) is 5. The van der Waals surface area contributed by atoms with Crippen molar-refractivity contribution < 1.29 is 4.79 Å². The van der Waals surface area contributed by atoms with Crippen LogP contribution >= 0.6 is 23.1 Å². The van der Waals surface area contributed by atoms with Gasteiger partial charge in [0.25, 0.3) is 0 Å². The summed E-state index contributed by atoms with van der Waals surface area (Å²) in [5, 5.41) is 0.746. The first-order valence-corrected chi connectivity index (χ1v) is 6.73. The summed E-state index contributed by atoms with van der Waals surface area (Å²) in [5.41, 5.74) is 0.872. The van der Waals surface area contributed by atoms with Gasteiger partial charge in [-0.1, -0.05) is 11.8 Å². The molecule has 0 aliphatic heterocycles. The first kappa shape index (κ1) is 11.3. The number of hydrogen-bond donors (Lipinski definition) is 0. The Labute approximate surface area is 102 Å². The van der Waals surface area contributed by atoms with Crippen molar-refractivity contribution in [3.8, 4) is 10.6 Å². The Morgan fingerprint density at radius 2 is 2.19 bits per heavy atom. The van der Waals surface area contributed by atoms with Gasteiger partial charge in [-0.2, -0.15) is 0 Å². The minimum absolute atomic E-state index is 0.0930. The molecule has 0 saturated heterocycles. The summed E-state index contributed by atoms with van der Waals surface area (Å²) in [4.78, 5) is 21.5. The van der Waals surface area contributed by atoms with E-state index in [2.05, 4.69) is 9.97 Å². The number of carbonyl (C=O) groups is 1. The average molecular weight is 250 g/mol. The zero-order chi connectivity index (χ0) is 11.5. The number of thiophene rings is 1. The summed E-state index contributed by atoms with van der Waals surface area (Å²) in [5.74, 6) is 0.0930. The van der Waals surface area contributed by atoms with Gasteiger partial charge in [-0.3, -0.25) is 4.79 Å². The second-order valence-corrected chi connectivity index (χ2v) is 5.01. The van der Waals surface area contributed by atoms with E-state index in [0.29, 0.717) is 0 Å². The molecule has 0 aliphatic rings. The van der Waals surface area contributed by atoms with Crippen LogP contribution in [-0.2, 0) is 0 Å². The van der Waals surface area contributed by atoms with E-state index in [4.69, 9.17) is 0 Å². The van der Waals surface area contributed by atoms with Crippen molar-refractivity contribution in [1.29, 1.82) is 0 Å². The van der Waals surface area contributed by atoms with Crippen molar-refractivity contribution in [2.24, 2.45) is 0 Å². The average Bonchev–Trinajstić information content (AvgIpc) is 2.78. The molecule has 16 heavy (non-hydrogen) atoms. The summed E-state index contributed by atoms with van der Waals surface area (Å²) < 4.78 is 0. The molecule has 0 fully saturated rings. The number of aromatic nitrogens is 2. The molecule has 2 aromatic rings. The summed E-state index contributed by atoms with van der Waals surface area (Å²) in [7, 11) is 0. The minimum atomic E-state index is 0.0930. The van der Waals surface area contributed by atoms with Crippen molar-refractivity contribution in [3.05, 3.63) is 29.3 Å². The summed E-state index contributed by atoms with van der Waals surface area (Å²) in [6.07, 6.45) is 3.68. The molecular formula is C11H10N2OS2. The molecule has 0 N–H and O–H groups in total. The number of Topliss-reactive ketones (excluding diaryl/α,β-unsaturated/α-hetero) is 1. The molecule has 0 aromatic carbocycles. The Morgan fingerprint density at radius 3 is 2.81 bits per heavy atom. The Balaban J connectivity index is 2.38. The van der Waals surface area contributed by atoms with Crippen molar-refractivity contribution >= 4 is 28.9 Å². The highest BCUT2D eigenvalue weighted by Crippen LogP contribution is 2.27. The van der Waals surface area contributed by atoms with Gasteiger partial charge in [0.05, 0.1) is 15.4 Å². The molecule has 82 valence electrons. The number of carbonyl (C=O) groups excluding carboxylic acids is 1. The van der Waals surface area contributed by atoms with Crippen LogP contribution in [0.1, 0.15) is 16.6 Å². The third kappa shape index (κ3) is 2.31. The Bertz CT molecular complexity index is 522. The highest BCUT2D eigenvalue weighted by Gasteiger charge is 2.07. The second-order valence-electron chi connectivity index (χ2n) is 3.15. The fourth-order valence-corrected chi connectivity index (χ4v) is 2.47. The largest absolute Gasteiger partial charge is 0.294 e. The molecule has 2 aromatic heterocycles. The maximum Gasteiger partial charge on any atom is 0.187 e. The molecule has 0 unspecified atom stereocenters. The van der Waals surface area contributed by atoms with E-state index < -0.39 is 0 Å². The summed E-state index contributed by atoms with van der Waals surface area (Å²) in [6, 6.07) is 5.62. The van der Waals surface area contributed by atoms with Gasteiger partial charge in [0.1, 0.15) is 0 Å². The Kier molecular flexibility index (Phi) is 3.36.